The molecule has 0 radical (unpaired) electrons. The number of hydrogen-bond acceptors (Lipinski definition) is 5. The van der Waals surface area contributed by atoms with Crippen molar-refractivity contribution in [1.82, 2.24) is 19.9 Å². The molecule has 0 bridgehead atoms. The van der Waals surface area contributed by atoms with Gasteiger partial charge in [0.15, 0.2) is 0 Å². The highest BCUT2D eigenvalue weighted by molar-refractivity contribution is 5.73. The number of ether oxygens (including phenoxy) is 1. The minimum atomic E-state index is -0.114. The first-order valence-electron chi connectivity index (χ1n) is 10.3. The highest BCUT2D eigenvalue weighted by Crippen LogP contribution is 2.26. The number of rotatable bonds is 5. The van der Waals surface area contributed by atoms with Crippen LogP contribution in [0, 0.1) is 5.92 Å². The Hall–Kier alpha value is -2.99. The fourth-order valence-electron chi connectivity index (χ4n) is 3.69. The number of likely N-dealkylation sites (tertiary alicyclic amines) is 1. The number of methoxy groups -OCH3 is 1. The van der Waals surface area contributed by atoms with Gasteiger partial charge in [0.1, 0.15) is 5.69 Å². The zero-order valence-corrected chi connectivity index (χ0v) is 18.0. The Morgan fingerprint density at radius 1 is 1.07 bits per heavy atom. The molecule has 1 aliphatic heterocycles. The van der Waals surface area contributed by atoms with Gasteiger partial charge in [0, 0.05) is 25.2 Å². The molecule has 6 heteroatoms. The van der Waals surface area contributed by atoms with Crippen LogP contribution in [-0.4, -0.2) is 46.1 Å². The van der Waals surface area contributed by atoms with E-state index in [0.717, 1.165) is 36.6 Å². The lowest BCUT2D eigenvalue weighted by Crippen LogP contribution is -2.49. The summed E-state index contributed by atoms with van der Waals surface area (Å²) in [5.41, 5.74) is 5.53. The Kier molecular flexibility index (Phi) is 5.43. The van der Waals surface area contributed by atoms with Crippen LogP contribution in [0.2, 0.25) is 0 Å². The van der Waals surface area contributed by atoms with Crippen LogP contribution in [0.15, 0.2) is 54.7 Å². The maximum atomic E-state index is 11.5. The molecule has 0 saturated carbocycles. The summed E-state index contributed by atoms with van der Waals surface area (Å²) >= 11 is 0. The maximum absolute atomic E-state index is 11.5. The number of nitrogens with zero attached hydrogens (tertiary/aromatic N) is 4. The van der Waals surface area contributed by atoms with Crippen LogP contribution >= 0.6 is 0 Å². The lowest BCUT2D eigenvalue weighted by atomic mass is 9.86. The molecular weight excluding hydrogens is 376 g/mol. The van der Waals surface area contributed by atoms with Crippen molar-refractivity contribution in [3.05, 3.63) is 65.9 Å². The summed E-state index contributed by atoms with van der Waals surface area (Å²) in [6.07, 6.45) is 1.96. The minimum Gasteiger partial charge on any atom is -0.469 e. The van der Waals surface area contributed by atoms with Crippen molar-refractivity contribution in [1.29, 1.82) is 0 Å². The van der Waals surface area contributed by atoms with Gasteiger partial charge in [0.25, 0.3) is 0 Å². The molecule has 1 fully saturated rings. The van der Waals surface area contributed by atoms with Crippen molar-refractivity contribution >= 4 is 5.97 Å². The third kappa shape index (κ3) is 4.28. The van der Waals surface area contributed by atoms with Crippen LogP contribution in [0.4, 0.5) is 0 Å². The SMILES string of the molecule is COC(=O)C1CN(Cc2ccc(-n3cc(-c4ccc(C(C)(C)C)cc4)nn3)cc2)C1. The number of benzene rings is 2. The molecule has 0 atom stereocenters. The van der Waals surface area contributed by atoms with Crippen LogP contribution in [0.5, 0.6) is 0 Å². The van der Waals surface area contributed by atoms with Gasteiger partial charge in [-0.05, 0) is 28.7 Å². The molecule has 0 N–H and O–H groups in total. The molecule has 0 amide bonds. The van der Waals surface area contributed by atoms with E-state index in [0.29, 0.717) is 0 Å². The Bertz CT molecular complexity index is 1010. The molecule has 2 aromatic carbocycles. The van der Waals surface area contributed by atoms with Gasteiger partial charge >= 0.3 is 5.97 Å². The summed E-state index contributed by atoms with van der Waals surface area (Å²) in [5.74, 6) is -0.100. The fraction of sp³-hybridized carbons (Fsp3) is 0.375. The predicted molar refractivity (Wildman–Crippen MR) is 116 cm³/mol. The van der Waals surface area contributed by atoms with E-state index in [1.807, 2.05) is 18.3 Å². The summed E-state index contributed by atoms with van der Waals surface area (Å²) < 4.78 is 6.59. The fourth-order valence-corrected chi connectivity index (χ4v) is 3.69. The molecule has 0 spiro atoms. The molecule has 156 valence electrons. The van der Waals surface area contributed by atoms with Crippen LogP contribution in [0.25, 0.3) is 16.9 Å². The monoisotopic (exact) mass is 404 g/mol. The van der Waals surface area contributed by atoms with Crippen LogP contribution < -0.4 is 0 Å². The van der Waals surface area contributed by atoms with E-state index in [1.165, 1.54) is 18.2 Å². The molecule has 1 aliphatic rings. The van der Waals surface area contributed by atoms with Crippen molar-refractivity contribution in [3.8, 4) is 16.9 Å². The molecule has 6 nitrogen and oxygen atoms in total. The van der Waals surface area contributed by atoms with Gasteiger partial charge in [0.2, 0.25) is 0 Å². The Balaban J connectivity index is 1.40. The molecule has 4 rings (SSSR count). The average Bonchev–Trinajstić information content (AvgIpc) is 3.20. The lowest BCUT2D eigenvalue weighted by Gasteiger charge is -2.37. The van der Waals surface area contributed by atoms with Crippen molar-refractivity contribution in [2.75, 3.05) is 20.2 Å². The number of hydrogen-bond donors (Lipinski definition) is 0. The second-order valence-corrected chi connectivity index (χ2v) is 8.96. The first-order valence-corrected chi connectivity index (χ1v) is 10.3. The van der Waals surface area contributed by atoms with Crippen molar-refractivity contribution < 1.29 is 9.53 Å². The van der Waals surface area contributed by atoms with E-state index < -0.39 is 0 Å². The van der Waals surface area contributed by atoms with E-state index in [2.05, 4.69) is 72.4 Å². The maximum Gasteiger partial charge on any atom is 0.311 e. The number of carbonyl (C=O) groups is 1. The number of aromatic nitrogens is 3. The van der Waals surface area contributed by atoms with Crippen LogP contribution in [0.1, 0.15) is 31.9 Å². The van der Waals surface area contributed by atoms with E-state index >= 15 is 0 Å². The third-order valence-corrected chi connectivity index (χ3v) is 5.64. The van der Waals surface area contributed by atoms with E-state index in [4.69, 9.17) is 4.74 Å². The molecule has 0 unspecified atom stereocenters. The zero-order chi connectivity index (χ0) is 21.3. The molecule has 1 aromatic heterocycles. The predicted octanol–water partition coefficient (Wildman–Crippen LogP) is 3.84. The quantitative estimate of drug-likeness (QED) is 0.605. The molecule has 0 aliphatic carbocycles. The largest absolute Gasteiger partial charge is 0.469 e. The second kappa shape index (κ2) is 8.03. The summed E-state index contributed by atoms with van der Waals surface area (Å²) in [4.78, 5) is 13.7. The van der Waals surface area contributed by atoms with Crippen molar-refractivity contribution in [2.45, 2.75) is 32.7 Å². The minimum absolute atomic E-state index is 0.0142. The van der Waals surface area contributed by atoms with Crippen LogP contribution in [0.3, 0.4) is 0 Å². The molecular formula is C24H28N4O2. The summed E-state index contributed by atoms with van der Waals surface area (Å²) in [7, 11) is 1.44. The number of esters is 1. The van der Waals surface area contributed by atoms with Crippen LogP contribution in [-0.2, 0) is 21.5 Å². The Labute approximate surface area is 177 Å². The van der Waals surface area contributed by atoms with Gasteiger partial charge in [-0.15, -0.1) is 5.10 Å². The summed E-state index contributed by atoms with van der Waals surface area (Å²) in [6, 6.07) is 16.8. The van der Waals surface area contributed by atoms with Gasteiger partial charge in [0.05, 0.1) is 24.9 Å². The van der Waals surface area contributed by atoms with Gasteiger partial charge < -0.3 is 4.74 Å². The average molecular weight is 405 g/mol. The highest BCUT2D eigenvalue weighted by atomic mass is 16.5. The van der Waals surface area contributed by atoms with E-state index in [-0.39, 0.29) is 17.3 Å². The summed E-state index contributed by atoms with van der Waals surface area (Å²) in [5, 5.41) is 8.64. The first-order chi connectivity index (χ1) is 14.3. The van der Waals surface area contributed by atoms with Gasteiger partial charge in [-0.3, -0.25) is 9.69 Å². The van der Waals surface area contributed by atoms with Gasteiger partial charge in [-0.1, -0.05) is 62.4 Å². The standard InChI is InChI=1S/C24H28N4O2/c1-24(2,3)20-9-7-18(8-10-20)22-16-28(26-25-22)21-11-5-17(6-12-21)13-27-14-19(15-27)23(29)30-4/h5-12,16,19H,13-15H2,1-4H3. The molecule has 1 saturated heterocycles. The second-order valence-electron chi connectivity index (χ2n) is 8.96. The van der Waals surface area contributed by atoms with Gasteiger partial charge in [-0.25, -0.2) is 4.68 Å². The molecule has 2 heterocycles. The third-order valence-electron chi connectivity index (χ3n) is 5.64. The van der Waals surface area contributed by atoms with E-state index in [1.54, 1.807) is 4.68 Å². The lowest BCUT2D eigenvalue weighted by molar-refractivity contribution is -0.151. The normalized spacial score (nSPS) is 15.1. The smallest absolute Gasteiger partial charge is 0.311 e. The molecule has 30 heavy (non-hydrogen) atoms. The van der Waals surface area contributed by atoms with Crippen molar-refractivity contribution in [3.63, 3.8) is 0 Å². The Morgan fingerprint density at radius 2 is 1.73 bits per heavy atom. The first kappa shape index (κ1) is 20.3. The Morgan fingerprint density at radius 3 is 2.33 bits per heavy atom. The molecule has 3 aromatic rings. The van der Waals surface area contributed by atoms with Crippen molar-refractivity contribution in [2.24, 2.45) is 5.92 Å². The highest BCUT2D eigenvalue weighted by Gasteiger charge is 2.33. The topological polar surface area (TPSA) is 60.2 Å². The number of carbonyl (C=O) groups excluding carboxylic acids is 1. The van der Waals surface area contributed by atoms with Gasteiger partial charge in [-0.2, -0.15) is 0 Å². The zero-order valence-electron chi connectivity index (χ0n) is 18.0. The van der Waals surface area contributed by atoms with E-state index in [9.17, 15) is 4.79 Å². The summed E-state index contributed by atoms with van der Waals surface area (Å²) in [6.45, 7) is 8.98.